The maximum absolute atomic E-state index is 13.8. The Bertz CT molecular complexity index is 1660. The molecule has 4 rings (SSSR count). The van der Waals surface area contributed by atoms with Crippen LogP contribution >= 0.6 is 0 Å². The minimum Gasteiger partial charge on any atom is -0.497 e. The molecule has 0 aliphatic carbocycles. The van der Waals surface area contributed by atoms with Gasteiger partial charge in [0, 0.05) is 13.1 Å². The fraction of sp³-hybridized carbons (Fsp3) is 0.214. The number of aromatic nitrogens is 2. The van der Waals surface area contributed by atoms with Crippen LogP contribution in [0.25, 0.3) is 5.69 Å². The molecule has 1 amide bonds. The normalized spacial score (nSPS) is 11.2. The van der Waals surface area contributed by atoms with Crippen LogP contribution in [0, 0.1) is 13.8 Å². The quantitative estimate of drug-likeness (QED) is 0.341. The number of aryl methyl sites for hydroxylation is 1. The van der Waals surface area contributed by atoms with Gasteiger partial charge in [-0.3, -0.25) is 18.6 Å². The fourth-order valence-electron chi connectivity index (χ4n) is 4.15. The molecular formula is C28H30N4O6S. The second-order valence-corrected chi connectivity index (χ2v) is 10.7. The van der Waals surface area contributed by atoms with Crippen LogP contribution in [0.1, 0.15) is 11.3 Å². The molecule has 1 heterocycles. The van der Waals surface area contributed by atoms with Crippen molar-refractivity contribution in [3.05, 3.63) is 94.4 Å². The molecule has 1 N–H and O–H groups in total. The third-order valence-corrected chi connectivity index (χ3v) is 8.14. The smallest absolute Gasteiger partial charge is 0.295 e. The Kier molecular flexibility index (Phi) is 7.82. The SMILES string of the molecule is COc1ccc(N(CC(=O)Nc2c(C)n(C)n(-c3ccccc3)c2=O)S(=O)(=O)c2ccc(C)cc2)c(OC)c1. The number of carbonyl (C=O) groups excluding carboxylic acids is 1. The Morgan fingerprint density at radius 2 is 1.62 bits per heavy atom. The van der Waals surface area contributed by atoms with Crippen molar-refractivity contribution in [1.29, 1.82) is 0 Å². The van der Waals surface area contributed by atoms with Crippen molar-refractivity contribution in [2.45, 2.75) is 18.7 Å². The number of hydrogen-bond donors (Lipinski definition) is 1. The molecule has 11 heteroatoms. The Balaban J connectivity index is 1.75. The van der Waals surface area contributed by atoms with Crippen molar-refractivity contribution in [2.75, 3.05) is 30.4 Å². The van der Waals surface area contributed by atoms with E-state index in [1.807, 2.05) is 13.0 Å². The second-order valence-electron chi connectivity index (χ2n) is 8.85. The number of amides is 1. The van der Waals surface area contributed by atoms with E-state index in [4.69, 9.17) is 9.47 Å². The molecule has 1 aromatic heterocycles. The number of rotatable bonds is 9. The number of ether oxygens (including phenoxy) is 2. The van der Waals surface area contributed by atoms with Crippen molar-refractivity contribution in [2.24, 2.45) is 7.05 Å². The van der Waals surface area contributed by atoms with Gasteiger partial charge in [0.15, 0.2) is 0 Å². The zero-order chi connectivity index (χ0) is 28.3. The molecule has 0 spiro atoms. The number of hydrogen-bond acceptors (Lipinski definition) is 6. The highest BCUT2D eigenvalue weighted by Gasteiger charge is 2.30. The van der Waals surface area contributed by atoms with Crippen LogP contribution in [0.5, 0.6) is 11.5 Å². The van der Waals surface area contributed by atoms with Crippen molar-refractivity contribution in [3.63, 3.8) is 0 Å². The lowest BCUT2D eigenvalue weighted by Crippen LogP contribution is -2.39. The molecule has 4 aromatic rings. The first kappa shape index (κ1) is 27.5. The van der Waals surface area contributed by atoms with E-state index in [0.717, 1.165) is 9.87 Å². The predicted molar refractivity (Wildman–Crippen MR) is 150 cm³/mol. The maximum atomic E-state index is 13.8. The zero-order valence-corrected chi connectivity index (χ0v) is 23.2. The van der Waals surface area contributed by atoms with Crippen LogP contribution < -0.4 is 24.7 Å². The standard InChI is InChI=1S/C28H30N4O6S/c1-19-11-14-23(15-12-19)39(35,36)31(24-16-13-22(37-4)17-25(24)38-5)18-26(33)29-27-20(2)30(3)32(28(27)34)21-9-7-6-8-10-21/h6-17H,18H2,1-5H3,(H,29,33). The van der Waals surface area contributed by atoms with Crippen LogP contribution in [0.4, 0.5) is 11.4 Å². The molecule has 0 aliphatic heterocycles. The van der Waals surface area contributed by atoms with E-state index in [-0.39, 0.29) is 22.0 Å². The number of methoxy groups -OCH3 is 2. The minimum absolute atomic E-state index is 0.00101. The molecule has 0 saturated carbocycles. The molecule has 0 saturated heterocycles. The lowest BCUT2D eigenvalue weighted by atomic mass is 10.2. The molecule has 39 heavy (non-hydrogen) atoms. The first-order valence-electron chi connectivity index (χ1n) is 12.0. The van der Waals surface area contributed by atoms with Gasteiger partial charge in [0.2, 0.25) is 5.91 Å². The first-order chi connectivity index (χ1) is 18.6. The summed E-state index contributed by atoms with van der Waals surface area (Å²) in [7, 11) is 0.367. The fourth-order valence-corrected chi connectivity index (χ4v) is 5.58. The number of nitrogens with one attached hydrogen (secondary N) is 1. The zero-order valence-electron chi connectivity index (χ0n) is 22.3. The number of carbonyl (C=O) groups is 1. The minimum atomic E-state index is -4.21. The highest BCUT2D eigenvalue weighted by molar-refractivity contribution is 7.92. The van der Waals surface area contributed by atoms with Gasteiger partial charge < -0.3 is 14.8 Å². The van der Waals surface area contributed by atoms with E-state index in [1.54, 1.807) is 61.1 Å². The van der Waals surface area contributed by atoms with Gasteiger partial charge >= 0.3 is 0 Å². The molecule has 0 atom stereocenters. The topological polar surface area (TPSA) is 112 Å². The molecule has 0 radical (unpaired) electrons. The summed E-state index contributed by atoms with van der Waals surface area (Å²) in [5, 5.41) is 2.64. The number of para-hydroxylation sites is 1. The van der Waals surface area contributed by atoms with E-state index in [2.05, 4.69) is 5.32 Å². The largest absolute Gasteiger partial charge is 0.497 e. The molecule has 0 bridgehead atoms. The monoisotopic (exact) mass is 550 g/mol. The summed E-state index contributed by atoms with van der Waals surface area (Å²) < 4.78 is 42.3. The van der Waals surface area contributed by atoms with Crippen LogP contribution in [0.2, 0.25) is 0 Å². The van der Waals surface area contributed by atoms with E-state index >= 15 is 0 Å². The average Bonchev–Trinajstić information content (AvgIpc) is 3.14. The van der Waals surface area contributed by atoms with Gasteiger partial charge in [-0.1, -0.05) is 35.9 Å². The van der Waals surface area contributed by atoms with Crippen LogP contribution in [-0.2, 0) is 21.9 Å². The van der Waals surface area contributed by atoms with Gasteiger partial charge in [-0.05, 0) is 50.2 Å². The van der Waals surface area contributed by atoms with Crippen molar-refractivity contribution < 1.29 is 22.7 Å². The summed E-state index contributed by atoms with van der Waals surface area (Å²) in [4.78, 5) is 26.7. The summed E-state index contributed by atoms with van der Waals surface area (Å²) in [6, 6.07) is 19.9. The van der Waals surface area contributed by atoms with Crippen LogP contribution in [-0.4, -0.2) is 44.5 Å². The molecule has 0 unspecified atom stereocenters. The van der Waals surface area contributed by atoms with Crippen molar-refractivity contribution >= 4 is 27.3 Å². The van der Waals surface area contributed by atoms with Crippen molar-refractivity contribution in [3.8, 4) is 17.2 Å². The van der Waals surface area contributed by atoms with Crippen LogP contribution in [0.15, 0.2) is 82.5 Å². The molecule has 0 aliphatic rings. The van der Waals surface area contributed by atoms with Gasteiger partial charge in [0.1, 0.15) is 23.7 Å². The summed E-state index contributed by atoms with van der Waals surface area (Å²) in [6.07, 6.45) is 0. The van der Waals surface area contributed by atoms with Gasteiger partial charge in [0.05, 0.1) is 36.2 Å². The van der Waals surface area contributed by atoms with Gasteiger partial charge in [-0.25, -0.2) is 13.1 Å². The van der Waals surface area contributed by atoms with Gasteiger partial charge in [-0.15, -0.1) is 0 Å². The van der Waals surface area contributed by atoms with Crippen LogP contribution in [0.3, 0.4) is 0 Å². The van der Waals surface area contributed by atoms with Gasteiger partial charge in [-0.2, -0.15) is 0 Å². The predicted octanol–water partition coefficient (Wildman–Crippen LogP) is 3.64. The Labute approximate surface area is 227 Å². The molecule has 3 aromatic carbocycles. The molecular weight excluding hydrogens is 520 g/mol. The highest BCUT2D eigenvalue weighted by Crippen LogP contribution is 2.35. The van der Waals surface area contributed by atoms with E-state index < -0.39 is 28.0 Å². The third-order valence-electron chi connectivity index (χ3n) is 6.37. The van der Waals surface area contributed by atoms with E-state index in [9.17, 15) is 18.0 Å². The summed E-state index contributed by atoms with van der Waals surface area (Å²) in [5.41, 5.74) is 1.77. The highest BCUT2D eigenvalue weighted by atomic mass is 32.2. The maximum Gasteiger partial charge on any atom is 0.295 e. The lowest BCUT2D eigenvalue weighted by molar-refractivity contribution is -0.114. The molecule has 204 valence electrons. The Hall–Kier alpha value is -4.51. The summed E-state index contributed by atoms with van der Waals surface area (Å²) in [5.74, 6) is -0.0520. The first-order valence-corrected chi connectivity index (χ1v) is 13.5. The second kappa shape index (κ2) is 11.1. The molecule has 0 fully saturated rings. The summed E-state index contributed by atoms with van der Waals surface area (Å²) >= 11 is 0. The van der Waals surface area contributed by atoms with E-state index in [0.29, 0.717) is 17.1 Å². The third kappa shape index (κ3) is 5.39. The van der Waals surface area contributed by atoms with Gasteiger partial charge in [0.25, 0.3) is 15.6 Å². The number of anilines is 2. The lowest BCUT2D eigenvalue weighted by Gasteiger charge is -2.26. The Morgan fingerprint density at radius 3 is 2.23 bits per heavy atom. The van der Waals surface area contributed by atoms with Crippen molar-refractivity contribution in [1.82, 2.24) is 9.36 Å². The summed E-state index contributed by atoms with van der Waals surface area (Å²) in [6.45, 7) is 2.93. The Morgan fingerprint density at radius 1 is 0.949 bits per heavy atom. The van der Waals surface area contributed by atoms with E-state index in [1.165, 1.54) is 43.2 Å². The number of nitrogens with zero attached hydrogens (tertiary/aromatic N) is 3. The number of benzene rings is 3. The number of sulfonamides is 1. The average molecular weight is 551 g/mol. The molecule has 10 nitrogen and oxygen atoms in total.